The minimum atomic E-state index is -0.620. The summed E-state index contributed by atoms with van der Waals surface area (Å²) in [6.07, 6.45) is 0.929. The Hall–Kier alpha value is -2.11. The molecule has 0 spiro atoms. The molecule has 0 saturated carbocycles. The fraction of sp³-hybridized carbons (Fsp3) is 0.125. The lowest BCUT2D eigenvalue weighted by molar-refractivity contribution is 0.205. The van der Waals surface area contributed by atoms with E-state index in [-0.39, 0.29) is 0 Å². The van der Waals surface area contributed by atoms with Crippen LogP contribution in [0.25, 0.3) is 10.9 Å². The number of nitrogen functional groups attached to an aromatic ring is 1. The normalized spacial score (nSPS) is 12.4. The summed E-state index contributed by atoms with van der Waals surface area (Å²) >= 11 is 1.50. The summed E-state index contributed by atoms with van der Waals surface area (Å²) in [5.74, 6) is 0.495. The highest BCUT2D eigenvalue weighted by molar-refractivity contribution is 7.99. The molecule has 1 heterocycles. The van der Waals surface area contributed by atoms with Gasteiger partial charge in [-0.15, -0.1) is 11.8 Å². The topological polar surface area (TPSA) is 72.0 Å². The number of nitrogens with zero attached hydrogens (tertiary/aromatic N) is 2. The first-order valence-corrected chi connectivity index (χ1v) is 7.59. The van der Waals surface area contributed by atoms with Crippen LogP contribution in [0, 0.1) is 0 Å². The zero-order valence-corrected chi connectivity index (χ0v) is 12.1. The quantitative estimate of drug-likeness (QED) is 0.440. The first-order valence-electron chi connectivity index (χ1n) is 6.60. The van der Waals surface area contributed by atoms with Crippen molar-refractivity contribution in [3.63, 3.8) is 0 Å². The van der Waals surface area contributed by atoms with Gasteiger partial charge in [0.15, 0.2) is 0 Å². The number of aromatic nitrogens is 2. The molecule has 106 valence electrons. The summed E-state index contributed by atoms with van der Waals surface area (Å²) in [5.41, 5.74) is 8.15. The van der Waals surface area contributed by atoms with E-state index in [4.69, 9.17) is 5.73 Å². The Bertz CT molecular complexity index is 758. The van der Waals surface area contributed by atoms with E-state index in [1.54, 1.807) is 12.4 Å². The molecule has 5 heteroatoms. The molecule has 1 unspecified atom stereocenters. The summed E-state index contributed by atoms with van der Waals surface area (Å²) in [7, 11) is 0. The Morgan fingerprint density at radius 1 is 1.05 bits per heavy atom. The van der Waals surface area contributed by atoms with E-state index in [0.717, 1.165) is 21.5 Å². The Kier molecular flexibility index (Phi) is 4.03. The lowest BCUT2D eigenvalue weighted by Gasteiger charge is -2.13. The molecule has 0 saturated heterocycles. The van der Waals surface area contributed by atoms with E-state index in [2.05, 4.69) is 9.97 Å². The number of nitrogens with two attached hydrogens (primary N) is 1. The van der Waals surface area contributed by atoms with Crippen LogP contribution in [0.1, 0.15) is 11.7 Å². The first-order chi connectivity index (χ1) is 10.3. The monoisotopic (exact) mass is 297 g/mol. The van der Waals surface area contributed by atoms with Crippen LogP contribution in [0.3, 0.4) is 0 Å². The summed E-state index contributed by atoms with van der Waals surface area (Å²) in [6, 6.07) is 15.2. The number of aliphatic hydroxyl groups excluding tert-OH is 1. The van der Waals surface area contributed by atoms with Gasteiger partial charge in [-0.2, -0.15) is 0 Å². The number of aliphatic hydroxyl groups is 1. The van der Waals surface area contributed by atoms with Crippen LogP contribution >= 0.6 is 11.8 Å². The Morgan fingerprint density at radius 3 is 2.67 bits per heavy atom. The van der Waals surface area contributed by atoms with Gasteiger partial charge in [0, 0.05) is 22.4 Å². The summed E-state index contributed by atoms with van der Waals surface area (Å²) in [6.45, 7) is 0. The van der Waals surface area contributed by atoms with Crippen molar-refractivity contribution >= 4 is 28.4 Å². The highest BCUT2D eigenvalue weighted by Gasteiger charge is 2.12. The molecule has 3 rings (SSSR count). The lowest BCUT2D eigenvalue weighted by Crippen LogP contribution is -2.04. The van der Waals surface area contributed by atoms with Gasteiger partial charge in [-0.25, -0.2) is 9.97 Å². The van der Waals surface area contributed by atoms with Crippen molar-refractivity contribution < 1.29 is 5.11 Å². The Labute approximate surface area is 127 Å². The van der Waals surface area contributed by atoms with Gasteiger partial charge in [0.05, 0.1) is 11.6 Å². The molecule has 0 radical (unpaired) electrons. The third-order valence-corrected chi connectivity index (χ3v) is 4.32. The van der Waals surface area contributed by atoms with E-state index >= 15 is 0 Å². The highest BCUT2D eigenvalue weighted by Crippen LogP contribution is 2.29. The maximum absolute atomic E-state index is 10.3. The van der Waals surface area contributed by atoms with Gasteiger partial charge in [0.25, 0.3) is 0 Å². The lowest BCUT2D eigenvalue weighted by atomic mass is 10.1. The van der Waals surface area contributed by atoms with Gasteiger partial charge in [0.2, 0.25) is 0 Å². The zero-order chi connectivity index (χ0) is 14.7. The third kappa shape index (κ3) is 2.99. The van der Waals surface area contributed by atoms with Crippen LogP contribution in [-0.2, 0) is 0 Å². The number of benzene rings is 2. The molecular formula is C16H15N3OS. The molecule has 0 amide bonds. The van der Waals surface area contributed by atoms with E-state index in [1.807, 2.05) is 42.5 Å². The summed E-state index contributed by atoms with van der Waals surface area (Å²) in [4.78, 5) is 8.54. The smallest absolute Gasteiger partial charge is 0.117 e. The second kappa shape index (κ2) is 6.11. The van der Waals surface area contributed by atoms with Gasteiger partial charge in [-0.1, -0.05) is 36.4 Å². The SMILES string of the molecule is Nc1ccccc1C(O)CSc1ncnc2ccccc12. The van der Waals surface area contributed by atoms with Gasteiger partial charge >= 0.3 is 0 Å². The van der Waals surface area contributed by atoms with E-state index in [9.17, 15) is 5.11 Å². The van der Waals surface area contributed by atoms with Crippen LogP contribution in [0.4, 0.5) is 5.69 Å². The second-order valence-corrected chi connectivity index (χ2v) is 5.66. The maximum Gasteiger partial charge on any atom is 0.117 e. The fourth-order valence-corrected chi connectivity index (χ4v) is 3.10. The van der Waals surface area contributed by atoms with Crippen molar-refractivity contribution in [3.05, 3.63) is 60.4 Å². The first kappa shape index (κ1) is 13.9. The number of anilines is 1. The Balaban J connectivity index is 1.79. The van der Waals surface area contributed by atoms with Crippen LogP contribution < -0.4 is 5.73 Å². The zero-order valence-electron chi connectivity index (χ0n) is 11.3. The van der Waals surface area contributed by atoms with Gasteiger partial charge in [0.1, 0.15) is 11.4 Å². The van der Waals surface area contributed by atoms with Crippen LogP contribution in [0.5, 0.6) is 0 Å². The molecule has 1 atom stereocenters. The van der Waals surface area contributed by atoms with Crippen LogP contribution in [-0.4, -0.2) is 20.8 Å². The molecule has 0 aliphatic heterocycles. The van der Waals surface area contributed by atoms with E-state index in [0.29, 0.717) is 11.4 Å². The molecular weight excluding hydrogens is 282 g/mol. The number of fused-ring (bicyclic) bond motifs is 1. The maximum atomic E-state index is 10.3. The van der Waals surface area contributed by atoms with Crippen LogP contribution in [0.2, 0.25) is 0 Å². The molecule has 0 bridgehead atoms. The highest BCUT2D eigenvalue weighted by atomic mass is 32.2. The molecule has 0 fully saturated rings. The largest absolute Gasteiger partial charge is 0.398 e. The van der Waals surface area contributed by atoms with Crippen LogP contribution in [0.15, 0.2) is 59.9 Å². The van der Waals surface area contributed by atoms with E-state index < -0.39 is 6.10 Å². The molecule has 3 N–H and O–H groups in total. The average molecular weight is 297 g/mol. The second-order valence-electron chi connectivity index (χ2n) is 4.65. The average Bonchev–Trinajstić information content (AvgIpc) is 2.53. The summed E-state index contributed by atoms with van der Waals surface area (Å²) < 4.78 is 0. The molecule has 21 heavy (non-hydrogen) atoms. The molecule has 0 aliphatic carbocycles. The number of para-hydroxylation sites is 2. The predicted molar refractivity (Wildman–Crippen MR) is 86.1 cm³/mol. The number of hydrogen-bond acceptors (Lipinski definition) is 5. The van der Waals surface area contributed by atoms with Crippen molar-refractivity contribution in [3.8, 4) is 0 Å². The predicted octanol–water partition coefficient (Wildman–Crippen LogP) is 3.04. The number of rotatable bonds is 4. The Morgan fingerprint density at radius 2 is 1.81 bits per heavy atom. The summed E-state index contributed by atoms with van der Waals surface area (Å²) in [5, 5.41) is 12.2. The van der Waals surface area contributed by atoms with Crippen molar-refractivity contribution in [1.82, 2.24) is 9.97 Å². The van der Waals surface area contributed by atoms with Crippen molar-refractivity contribution in [2.75, 3.05) is 11.5 Å². The minimum Gasteiger partial charge on any atom is -0.398 e. The number of hydrogen-bond donors (Lipinski definition) is 2. The van der Waals surface area contributed by atoms with Gasteiger partial charge in [-0.3, -0.25) is 0 Å². The molecule has 1 aromatic heterocycles. The standard InChI is InChI=1S/C16H15N3OS/c17-13-7-3-1-5-11(13)15(20)9-21-16-12-6-2-4-8-14(12)18-10-19-16/h1-8,10,15,20H,9,17H2. The van der Waals surface area contributed by atoms with Crippen molar-refractivity contribution in [2.45, 2.75) is 11.1 Å². The molecule has 4 nitrogen and oxygen atoms in total. The minimum absolute atomic E-state index is 0.495. The third-order valence-electron chi connectivity index (χ3n) is 3.24. The van der Waals surface area contributed by atoms with Crippen molar-refractivity contribution in [2.24, 2.45) is 0 Å². The number of thioether (sulfide) groups is 1. The molecule has 0 aliphatic rings. The van der Waals surface area contributed by atoms with Gasteiger partial charge in [-0.05, 0) is 12.1 Å². The fourth-order valence-electron chi connectivity index (χ4n) is 2.16. The van der Waals surface area contributed by atoms with Gasteiger partial charge < -0.3 is 10.8 Å². The molecule has 3 aromatic rings. The van der Waals surface area contributed by atoms with Crippen molar-refractivity contribution in [1.29, 1.82) is 0 Å². The van der Waals surface area contributed by atoms with E-state index in [1.165, 1.54) is 11.8 Å². The molecule has 2 aromatic carbocycles.